The number of aliphatic hydroxyl groups is 2. The zero-order valence-corrected chi connectivity index (χ0v) is 13.1. The smallest absolute Gasteiger partial charge is 0.325 e. The second-order valence-electron chi connectivity index (χ2n) is 5.90. The number of benzene rings is 1. The van der Waals surface area contributed by atoms with E-state index in [0.717, 1.165) is 11.1 Å². The Kier molecular flexibility index (Phi) is 4.56. The third-order valence-electron chi connectivity index (χ3n) is 4.21. The first-order chi connectivity index (χ1) is 11.9. The molecule has 5 N–H and O–H groups in total. The number of alkyl halides is 1. The van der Waals surface area contributed by atoms with Crippen LogP contribution >= 0.6 is 0 Å². The maximum absolute atomic E-state index is 14.2. The lowest BCUT2D eigenvalue weighted by Crippen LogP contribution is -2.66. The van der Waals surface area contributed by atoms with Crippen LogP contribution < -0.4 is 11.1 Å². The number of hydrogen-bond donors (Lipinski definition) is 4. The number of Topliss-reactive ketones (excluding diaryl/α,β-unsaturated/α-hetero) is 1. The summed E-state index contributed by atoms with van der Waals surface area (Å²) in [5.74, 6) is -0.533. The number of urea groups is 1. The molecule has 8 nitrogen and oxygen atoms in total. The highest BCUT2D eigenvalue weighted by Gasteiger charge is 2.50. The Balaban J connectivity index is 1.81. The van der Waals surface area contributed by atoms with Gasteiger partial charge in [0.25, 0.3) is 0 Å². The van der Waals surface area contributed by atoms with E-state index in [9.17, 15) is 19.1 Å². The molecule has 1 aromatic rings. The summed E-state index contributed by atoms with van der Waals surface area (Å²) in [6.07, 6.45) is -3.69. The fourth-order valence-corrected chi connectivity index (χ4v) is 2.79. The van der Waals surface area contributed by atoms with Gasteiger partial charge in [-0.1, -0.05) is 30.3 Å². The third-order valence-corrected chi connectivity index (χ3v) is 4.21. The van der Waals surface area contributed by atoms with Crippen molar-refractivity contribution < 1.29 is 28.9 Å². The molecule has 1 unspecified atom stereocenters. The van der Waals surface area contributed by atoms with Crippen molar-refractivity contribution in [2.45, 2.75) is 30.3 Å². The Hall–Kier alpha value is -2.33. The van der Waals surface area contributed by atoms with E-state index in [1.54, 1.807) is 30.3 Å². The number of carbonyl (C=O) groups is 2. The number of nitrogens with two attached hydrogens (primary N) is 1. The molecule has 0 radical (unpaired) electrons. The maximum atomic E-state index is 14.2. The molecule has 2 aliphatic rings. The number of hydrogen-bond acceptors (Lipinski definition) is 6. The Morgan fingerprint density at radius 2 is 2.08 bits per heavy atom. The molecule has 1 fully saturated rings. The van der Waals surface area contributed by atoms with Gasteiger partial charge in [0.05, 0.1) is 6.61 Å². The number of nitrogens with one attached hydrogen (secondary N) is 1. The molecule has 3 rings (SSSR count). The highest BCUT2D eigenvalue weighted by Crippen LogP contribution is 2.28. The number of halogens is 1. The highest BCUT2D eigenvalue weighted by atomic mass is 19.1. The van der Waals surface area contributed by atoms with Gasteiger partial charge in [-0.3, -0.25) is 15.4 Å². The SMILES string of the molecule is NC1(C(=O)c2ccccc2)C=CN([C@@H]2O[C@H](CO)[C@@H](O)[C@H]2F)C(=O)N1. The van der Waals surface area contributed by atoms with Gasteiger partial charge in [0.15, 0.2) is 18.1 Å². The first-order valence-corrected chi connectivity index (χ1v) is 7.64. The van der Waals surface area contributed by atoms with Gasteiger partial charge >= 0.3 is 6.03 Å². The Labute approximate surface area is 142 Å². The van der Waals surface area contributed by atoms with Crippen LogP contribution in [0.15, 0.2) is 42.6 Å². The minimum Gasteiger partial charge on any atom is -0.394 e. The van der Waals surface area contributed by atoms with Crippen LogP contribution in [0.3, 0.4) is 0 Å². The summed E-state index contributed by atoms with van der Waals surface area (Å²) in [4.78, 5) is 25.7. The highest BCUT2D eigenvalue weighted by molar-refractivity contribution is 6.06. The summed E-state index contributed by atoms with van der Waals surface area (Å²) < 4.78 is 19.3. The first-order valence-electron chi connectivity index (χ1n) is 7.64. The van der Waals surface area contributed by atoms with Crippen molar-refractivity contribution in [2.75, 3.05) is 6.61 Å². The molecule has 0 bridgehead atoms. The normalized spacial score (nSPS) is 34.9. The second kappa shape index (κ2) is 6.52. The second-order valence-corrected chi connectivity index (χ2v) is 5.90. The molecular weight excluding hydrogens is 333 g/mol. The first kappa shape index (κ1) is 17.5. The molecule has 2 heterocycles. The minimum absolute atomic E-state index is 0.305. The van der Waals surface area contributed by atoms with Gasteiger partial charge in [-0.2, -0.15) is 0 Å². The van der Waals surface area contributed by atoms with Crippen LogP contribution in [-0.2, 0) is 4.74 Å². The number of nitrogens with zero attached hydrogens (tertiary/aromatic N) is 1. The van der Waals surface area contributed by atoms with E-state index < -0.39 is 48.7 Å². The molecule has 1 aromatic carbocycles. The van der Waals surface area contributed by atoms with Gasteiger partial charge in [-0.05, 0) is 6.08 Å². The van der Waals surface area contributed by atoms with E-state index in [2.05, 4.69) is 5.32 Å². The van der Waals surface area contributed by atoms with E-state index in [4.69, 9.17) is 15.6 Å². The lowest BCUT2D eigenvalue weighted by atomic mass is 9.97. The van der Waals surface area contributed by atoms with Gasteiger partial charge in [0.2, 0.25) is 5.78 Å². The number of carbonyl (C=O) groups excluding carboxylic acids is 2. The molecule has 9 heteroatoms. The topological polar surface area (TPSA) is 125 Å². The number of amides is 2. The monoisotopic (exact) mass is 351 g/mol. The van der Waals surface area contributed by atoms with Crippen molar-refractivity contribution in [2.24, 2.45) is 5.73 Å². The van der Waals surface area contributed by atoms with Crippen LogP contribution in [0.5, 0.6) is 0 Å². The molecular formula is C16H18FN3O5. The molecule has 1 saturated heterocycles. The van der Waals surface area contributed by atoms with Crippen molar-refractivity contribution in [3.05, 3.63) is 48.2 Å². The number of aliphatic hydroxyl groups excluding tert-OH is 2. The average molecular weight is 351 g/mol. The van der Waals surface area contributed by atoms with Gasteiger partial charge in [-0.15, -0.1) is 0 Å². The third kappa shape index (κ3) is 3.02. The number of ether oxygens (including phenoxy) is 1. The zero-order chi connectivity index (χ0) is 18.2. The molecule has 0 aromatic heterocycles. The van der Waals surface area contributed by atoms with Crippen LogP contribution in [0, 0.1) is 0 Å². The summed E-state index contributed by atoms with van der Waals surface area (Å²) in [5, 5.41) is 21.1. The summed E-state index contributed by atoms with van der Waals surface area (Å²) in [6, 6.07) is 7.32. The lowest BCUT2D eigenvalue weighted by molar-refractivity contribution is -0.0593. The van der Waals surface area contributed by atoms with Gasteiger partial charge in [-0.25, -0.2) is 9.18 Å². The van der Waals surface area contributed by atoms with Gasteiger partial charge < -0.3 is 20.3 Å². The zero-order valence-electron chi connectivity index (χ0n) is 13.1. The van der Waals surface area contributed by atoms with Crippen LogP contribution in [0.4, 0.5) is 9.18 Å². The predicted octanol–water partition coefficient (Wildman–Crippen LogP) is -0.521. The number of ketones is 1. The fourth-order valence-electron chi connectivity index (χ4n) is 2.79. The minimum atomic E-state index is -1.91. The van der Waals surface area contributed by atoms with Crippen molar-refractivity contribution in [3.8, 4) is 0 Å². The lowest BCUT2D eigenvalue weighted by Gasteiger charge is -2.36. The van der Waals surface area contributed by atoms with Crippen molar-refractivity contribution in [1.29, 1.82) is 0 Å². The van der Waals surface area contributed by atoms with Crippen molar-refractivity contribution in [3.63, 3.8) is 0 Å². The molecule has 0 saturated carbocycles. The van der Waals surface area contributed by atoms with Crippen LogP contribution in [0.1, 0.15) is 10.4 Å². The van der Waals surface area contributed by atoms with Crippen molar-refractivity contribution >= 4 is 11.8 Å². The molecule has 5 atom stereocenters. The fraction of sp³-hybridized carbons (Fsp3) is 0.375. The van der Waals surface area contributed by atoms with E-state index in [-0.39, 0.29) is 0 Å². The van der Waals surface area contributed by atoms with E-state index in [1.165, 1.54) is 6.08 Å². The Bertz CT molecular complexity index is 700. The van der Waals surface area contributed by atoms with Gasteiger partial charge in [0, 0.05) is 11.8 Å². The molecule has 2 amide bonds. The summed E-state index contributed by atoms with van der Waals surface area (Å²) in [6.45, 7) is -0.593. The average Bonchev–Trinajstić information content (AvgIpc) is 2.90. The van der Waals surface area contributed by atoms with Crippen LogP contribution in [-0.4, -0.2) is 63.8 Å². The summed E-state index contributed by atoms with van der Waals surface area (Å²) in [7, 11) is 0. The van der Waals surface area contributed by atoms with E-state index in [0.29, 0.717) is 5.56 Å². The molecule has 2 aliphatic heterocycles. The summed E-state index contributed by atoms with van der Waals surface area (Å²) in [5.41, 5.74) is 4.50. The quantitative estimate of drug-likeness (QED) is 0.541. The molecule has 25 heavy (non-hydrogen) atoms. The maximum Gasteiger partial charge on any atom is 0.325 e. The van der Waals surface area contributed by atoms with Crippen LogP contribution in [0.2, 0.25) is 0 Å². The van der Waals surface area contributed by atoms with Crippen molar-refractivity contribution in [1.82, 2.24) is 10.2 Å². The summed E-state index contributed by atoms with van der Waals surface area (Å²) >= 11 is 0. The predicted molar refractivity (Wildman–Crippen MR) is 83.9 cm³/mol. The largest absolute Gasteiger partial charge is 0.394 e. The van der Waals surface area contributed by atoms with E-state index >= 15 is 0 Å². The molecule has 134 valence electrons. The van der Waals surface area contributed by atoms with E-state index in [1.807, 2.05) is 0 Å². The Morgan fingerprint density at radius 1 is 1.40 bits per heavy atom. The van der Waals surface area contributed by atoms with Gasteiger partial charge in [0.1, 0.15) is 12.2 Å². The Morgan fingerprint density at radius 3 is 2.64 bits per heavy atom. The molecule has 0 aliphatic carbocycles. The van der Waals surface area contributed by atoms with Crippen LogP contribution in [0.25, 0.3) is 0 Å². The number of rotatable bonds is 4. The standard InChI is InChI=1S/C16H18FN3O5/c17-11-12(22)10(8-21)25-14(11)20-7-6-16(18,19-15(20)24)13(23)9-4-2-1-3-5-9/h1-7,10-12,14,21-22H,8,18H2,(H,19,24)/t10-,11-,12-,14-,16?/m1/s1. The molecule has 0 spiro atoms.